The number of carbonyl (C=O) groups excluding carboxylic acids is 3. The lowest BCUT2D eigenvalue weighted by atomic mass is 10.1. The highest BCUT2D eigenvalue weighted by Crippen LogP contribution is 2.23. The molecule has 0 spiro atoms. The Labute approximate surface area is 139 Å². The third-order valence-corrected chi connectivity index (χ3v) is 3.16. The van der Waals surface area contributed by atoms with Gasteiger partial charge in [0, 0.05) is 17.7 Å². The second kappa shape index (κ2) is 7.92. The molecule has 0 bridgehead atoms. The Morgan fingerprint density at radius 1 is 1.17 bits per heavy atom. The fourth-order valence-corrected chi connectivity index (χ4v) is 1.91. The number of hydrogen-bond donors (Lipinski definition) is 1. The Morgan fingerprint density at radius 2 is 1.88 bits per heavy atom. The zero-order valence-electron chi connectivity index (χ0n) is 13.2. The van der Waals surface area contributed by atoms with Gasteiger partial charge in [0.05, 0.1) is 0 Å². The number of hydrogen-bond acceptors (Lipinski definition) is 5. The van der Waals surface area contributed by atoms with Crippen LogP contribution >= 0.6 is 0 Å². The van der Waals surface area contributed by atoms with Crippen LogP contribution in [0.15, 0.2) is 53.5 Å². The van der Waals surface area contributed by atoms with Crippen LogP contribution in [-0.4, -0.2) is 30.8 Å². The van der Waals surface area contributed by atoms with E-state index in [1.807, 2.05) is 0 Å². The third-order valence-electron chi connectivity index (χ3n) is 3.16. The first-order valence-corrected chi connectivity index (χ1v) is 7.27. The normalized spacial score (nSPS) is 10.0. The van der Waals surface area contributed by atoms with Gasteiger partial charge in [-0.3, -0.25) is 9.59 Å². The van der Waals surface area contributed by atoms with Gasteiger partial charge in [-0.25, -0.2) is 4.79 Å². The maximum absolute atomic E-state index is 11.9. The van der Waals surface area contributed by atoms with Crippen molar-refractivity contribution in [3.05, 3.63) is 60.4 Å². The number of benzene rings is 1. The van der Waals surface area contributed by atoms with Crippen molar-refractivity contribution in [3.63, 3.8) is 0 Å². The Balaban J connectivity index is 1.99. The van der Waals surface area contributed by atoms with E-state index in [4.69, 9.17) is 9.15 Å². The molecule has 0 radical (unpaired) electrons. The predicted molar refractivity (Wildman–Crippen MR) is 87.6 cm³/mol. The summed E-state index contributed by atoms with van der Waals surface area (Å²) in [6.45, 7) is 4.86. The lowest BCUT2D eigenvalue weighted by Gasteiger charge is -2.03. The summed E-state index contributed by atoms with van der Waals surface area (Å²) in [5, 5.41) is 2.49. The van der Waals surface area contributed by atoms with Crippen molar-refractivity contribution in [2.75, 3.05) is 13.2 Å². The van der Waals surface area contributed by atoms with Crippen molar-refractivity contribution in [3.8, 4) is 11.3 Å². The summed E-state index contributed by atoms with van der Waals surface area (Å²) >= 11 is 0. The summed E-state index contributed by atoms with van der Waals surface area (Å²) in [4.78, 5) is 34.5. The minimum absolute atomic E-state index is 0.00262. The summed E-state index contributed by atoms with van der Waals surface area (Å²) in [7, 11) is 0. The molecule has 0 unspecified atom stereocenters. The number of furan rings is 1. The van der Waals surface area contributed by atoms with Crippen LogP contribution in [0.25, 0.3) is 11.3 Å². The Kier molecular flexibility index (Phi) is 5.68. The minimum Gasteiger partial charge on any atom is -0.450 e. The molecule has 1 heterocycles. The van der Waals surface area contributed by atoms with Crippen LogP contribution in [0, 0.1) is 0 Å². The van der Waals surface area contributed by atoms with E-state index in [1.165, 1.54) is 19.1 Å². The first-order chi connectivity index (χ1) is 11.5. The van der Waals surface area contributed by atoms with E-state index in [2.05, 4.69) is 11.9 Å². The summed E-state index contributed by atoms with van der Waals surface area (Å²) in [6.07, 6.45) is 1.52. The first kappa shape index (κ1) is 17.2. The zero-order chi connectivity index (χ0) is 17.5. The van der Waals surface area contributed by atoms with Crippen molar-refractivity contribution < 1.29 is 23.5 Å². The molecule has 0 fully saturated rings. The molecule has 1 amide bonds. The van der Waals surface area contributed by atoms with Gasteiger partial charge < -0.3 is 14.5 Å². The molecule has 2 rings (SSSR count). The lowest BCUT2D eigenvalue weighted by Crippen LogP contribution is -2.28. The van der Waals surface area contributed by atoms with E-state index in [9.17, 15) is 14.4 Å². The van der Waals surface area contributed by atoms with Crippen molar-refractivity contribution in [2.24, 2.45) is 0 Å². The molecule has 0 aliphatic heterocycles. The number of carbonyl (C=O) groups is 3. The predicted octanol–water partition coefficient (Wildman–Crippen LogP) is 2.61. The standard InChI is InChI=1S/C18H17NO5/c1-3-10-19-17(21)11-23-18(22)16-9-8-15(24-16)14-6-4-13(5-7-14)12(2)20/h3-9H,1,10-11H2,2H3,(H,19,21). The van der Waals surface area contributed by atoms with Gasteiger partial charge in [-0.15, -0.1) is 6.58 Å². The zero-order valence-corrected chi connectivity index (χ0v) is 13.2. The fourth-order valence-electron chi connectivity index (χ4n) is 1.91. The molecule has 1 aromatic heterocycles. The van der Waals surface area contributed by atoms with Gasteiger partial charge >= 0.3 is 5.97 Å². The second-order valence-electron chi connectivity index (χ2n) is 4.97. The van der Waals surface area contributed by atoms with Crippen molar-refractivity contribution in [1.29, 1.82) is 0 Å². The molecule has 1 N–H and O–H groups in total. The van der Waals surface area contributed by atoms with Gasteiger partial charge in [0.25, 0.3) is 5.91 Å². The number of rotatable bonds is 7. The molecule has 0 atom stereocenters. The van der Waals surface area contributed by atoms with E-state index in [-0.39, 0.29) is 11.5 Å². The molecule has 0 aliphatic carbocycles. The largest absolute Gasteiger partial charge is 0.450 e. The van der Waals surface area contributed by atoms with Crippen LogP contribution in [0.2, 0.25) is 0 Å². The van der Waals surface area contributed by atoms with Crippen LogP contribution in [0.3, 0.4) is 0 Å². The minimum atomic E-state index is -0.727. The SMILES string of the molecule is C=CCNC(=O)COC(=O)c1ccc(-c2ccc(C(C)=O)cc2)o1. The summed E-state index contributed by atoms with van der Waals surface area (Å²) < 4.78 is 10.3. The number of amides is 1. The number of Topliss-reactive ketones (excluding diaryl/α,β-unsaturated/α-hetero) is 1. The number of esters is 1. The van der Waals surface area contributed by atoms with Crippen molar-refractivity contribution in [2.45, 2.75) is 6.92 Å². The van der Waals surface area contributed by atoms with Crippen LogP contribution in [0.4, 0.5) is 0 Å². The Morgan fingerprint density at radius 3 is 2.50 bits per heavy atom. The van der Waals surface area contributed by atoms with Gasteiger partial charge in [-0.1, -0.05) is 30.3 Å². The monoisotopic (exact) mass is 327 g/mol. The quantitative estimate of drug-likeness (QED) is 0.480. The van der Waals surface area contributed by atoms with Gasteiger partial charge in [0.2, 0.25) is 5.76 Å². The molecular weight excluding hydrogens is 310 g/mol. The molecule has 124 valence electrons. The van der Waals surface area contributed by atoms with E-state index < -0.39 is 18.5 Å². The molecule has 6 nitrogen and oxygen atoms in total. The van der Waals surface area contributed by atoms with Crippen LogP contribution in [0.5, 0.6) is 0 Å². The van der Waals surface area contributed by atoms with E-state index in [0.29, 0.717) is 17.9 Å². The third kappa shape index (κ3) is 4.42. The highest BCUT2D eigenvalue weighted by atomic mass is 16.5. The molecule has 0 saturated heterocycles. The van der Waals surface area contributed by atoms with Crippen molar-refractivity contribution >= 4 is 17.7 Å². The highest BCUT2D eigenvalue weighted by Gasteiger charge is 2.15. The average molecular weight is 327 g/mol. The van der Waals surface area contributed by atoms with Gasteiger partial charge in [0.15, 0.2) is 12.4 Å². The van der Waals surface area contributed by atoms with Crippen molar-refractivity contribution in [1.82, 2.24) is 5.32 Å². The number of ether oxygens (including phenoxy) is 1. The Hall–Kier alpha value is -3.15. The molecule has 0 aliphatic rings. The average Bonchev–Trinajstić information content (AvgIpc) is 3.08. The van der Waals surface area contributed by atoms with E-state index in [0.717, 1.165) is 5.56 Å². The maximum atomic E-state index is 11.9. The molecule has 24 heavy (non-hydrogen) atoms. The summed E-state index contributed by atoms with van der Waals surface area (Å²) in [5.74, 6) is -0.712. The van der Waals surface area contributed by atoms with E-state index in [1.54, 1.807) is 30.3 Å². The van der Waals surface area contributed by atoms with Crippen LogP contribution in [-0.2, 0) is 9.53 Å². The van der Waals surface area contributed by atoms with Gasteiger partial charge in [-0.05, 0) is 19.1 Å². The van der Waals surface area contributed by atoms with Gasteiger partial charge in [0.1, 0.15) is 5.76 Å². The molecule has 1 aromatic carbocycles. The summed E-state index contributed by atoms with van der Waals surface area (Å²) in [6, 6.07) is 9.92. The molecule has 0 saturated carbocycles. The maximum Gasteiger partial charge on any atom is 0.374 e. The summed E-state index contributed by atoms with van der Waals surface area (Å²) in [5.41, 5.74) is 1.32. The van der Waals surface area contributed by atoms with Crippen LogP contribution in [0.1, 0.15) is 27.8 Å². The second-order valence-corrected chi connectivity index (χ2v) is 4.97. The first-order valence-electron chi connectivity index (χ1n) is 7.27. The molecular formula is C18H17NO5. The number of nitrogens with one attached hydrogen (secondary N) is 1. The topological polar surface area (TPSA) is 85.6 Å². The number of ketones is 1. The Bertz CT molecular complexity index is 758. The van der Waals surface area contributed by atoms with Gasteiger partial charge in [-0.2, -0.15) is 0 Å². The highest BCUT2D eigenvalue weighted by molar-refractivity contribution is 5.94. The molecule has 6 heteroatoms. The smallest absolute Gasteiger partial charge is 0.374 e. The van der Waals surface area contributed by atoms with Crippen LogP contribution < -0.4 is 5.32 Å². The fraction of sp³-hybridized carbons (Fsp3) is 0.167. The lowest BCUT2D eigenvalue weighted by molar-refractivity contribution is -0.124. The molecule has 2 aromatic rings. The van der Waals surface area contributed by atoms with E-state index >= 15 is 0 Å².